The standard InChI is InChI=1S/C19H20F2N4O/c1-19(7-8-19)15-5-9-22-17(23-15)24-18(26)25-10-6-12(11-25)16-13(20)3-2-4-14(16)21/h2-5,9,12H,6-8,10-11H2,1H3,(H,22,23,24,26). The van der Waals surface area contributed by atoms with Crippen LogP contribution in [-0.4, -0.2) is 34.0 Å². The van der Waals surface area contributed by atoms with Gasteiger partial charge in [-0.25, -0.2) is 23.5 Å². The van der Waals surface area contributed by atoms with Crippen molar-refractivity contribution in [2.75, 3.05) is 18.4 Å². The lowest BCUT2D eigenvalue weighted by molar-refractivity contribution is 0.221. The Labute approximate surface area is 150 Å². The maximum absolute atomic E-state index is 14.0. The van der Waals surface area contributed by atoms with Crippen molar-refractivity contribution in [3.05, 3.63) is 53.4 Å². The zero-order chi connectivity index (χ0) is 18.3. The van der Waals surface area contributed by atoms with Crippen LogP contribution >= 0.6 is 0 Å². The maximum Gasteiger partial charge on any atom is 0.324 e. The SMILES string of the molecule is CC1(c2ccnc(NC(=O)N3CCC(c4c(F)cccc4F)C3)n2)CC1. The molecule has 7 heteroatoms. The highest BCUT2D eigenvalue weighted by molar-refractivity contribution is 5.87. The third-order valence-electron chi connectivity index (χ3n) is 5.38. The predicted molar refractivity (Wildman–Crippen MR) is 92.9 cm³/mol. The van der Waals surface area contributed by atoms with E-state index in [0.29, 0.717) is 13.0 Å². The molecule has 1 aromatic carbocycles. The fourth-order valence-corrected chi connectivity index (χ4v) is 3.45. The first-order chi connectivity index (χ1) is 12.5. The quantitative estimate of drug-likeness (QED) is 0.907. The zero-order valence-corrected chi connectivity index (χ0v) is 14.5. The van der Waals surface area contributed by atoms with Gasteiger partial charge in [0.1, 0.15) is 11.6 Å². The van der Waals surface area contributed by atoms with Gasteiger partial charge >= 0.3 is 6.03 Å². The molecule has 4 rings (SSSR count). The van der Waals surface area contributed by atoms with Gasteiger partial charge in [0.15, 0.2) is 0 Å². The molecular weight excluding hydrogens is 338 g/mol. The number of benzene rings is 1. The van der Waals surface area contributed by atoms with E-state index in [1.165, 1.54) is 18.2 Å². The van der Waals surface area contributed by atoms with Crippen molar-refractivity contribution in [2.45, 2.75) is 37.5 Å². The van der Waals surface area contributed by atoms with Gasteiger partial charge in [-0.15, -0.1) is 0 Å². The largest absolute Gasteiger partial charge is 0.324 e. The van der Waals surface area contributed by atoms with Gasteiger partial charge in [-0.3, -0.25) is 5.32 Å². The number of hydrogen-bond acceptors (Lipinski definition) is 3. The van der Waals surface area contributed by atoms with Gasteiger partial charge < -0.3 is 4.90 Å². The second kappa shape index (κ2) is 6.30. The van der Waals surface area contributed by atoms with Crippen molar-refractivity contribution in [1.82, 2.24) is 14.9 Å². The van der Waals surface area contributed by atoms with Crippen LogP contribution in [0.5, 0.6) is 0 Å². The summed E-state index contributed by atoms with van der Waals surface area (Å²) in [4.78, 5) is 22.6. The maximum atomic E-state index is 14.0. The minimum absolute atomic E-state index is 0.0581. The first-order valence-electron chi connectivity index (χ1n) is 8.80. The summed E-state index contributed by atoms with van der Waals surface area (Å²) in [5, 5.41) is 2.70. The third kappa shape index (κ3) is 3.13. The molecule has 1 saturated heterocycles. The number of nitrogens with zero attached hydrogens (tertiary/aromatic N) is 3. The molecule has 2 aliphatic rings. The number of amides is 2. The van der Waals surface area contributed by atoms with Gasteiger partial charge in [-0.1, -0.05) is 13.0 Å². The minimum Gasteiger partial charge on any atom is -0.324 e. The molecule has 2 aromatic rings. The monoisotopic (exact) mass is 358 g/mol. The molecule has 1 saturated carbocycles. The highest BCUT2D eigenvalue weighted by Crippen LogP contribution is 2.46. The topological polar surface area (TPSA) is 58.1 Å². The van der Waals surface area contributed by atoms with Crippen molar-refractivity contribution in [3.63, 3.8) is 0 Å². The molecule has 1 aliphatic carbocycles. The van der Waals surface area contributed by atoms with Crippen LogP contribution in [0.4, 0.5) is 19.5 Å². The third-order valence-corrected chi connectivity index (χ3v) is 5.38. The molecule has 1 N–H and O–H groups in total. The Bertz CT molecular complexity index is 833. The predicted octanol–water partition coefficient (Wildman–Crippen LogP) is 3.83. The normalized spacial score (nSPS) is 20.9. The Hall–Kier alpha value is -2.57. The second-order valence-corrected chi connectivity index (χ2v) is 7.32. The number of nitrogens with one attached hydrogen (secondary N) is 1. The van der Waals surface area contributed by atoms with Gasteiger partial charge in [0.05, 0.1) is 5.69 Å². The Kier molecular flexibility index (Phi) is 4.09. The molecule has 1 aliphatic heterocycles. The summed E-state index contributed by atoms with van der Waals surface area (Å²) in [5.74, 6) is -1.21. The van der Waals surface area contributed by atoms with E-state index in [2.05, 4.69) is 22.2 Å². The Morgan fingerprint density at radius 1 is 1.27 bits per heavy atom. The van der Waals surface area contributed by atoms with Crippen LogP contribution in [0.15, 0.2) is 30.5 Å². The number of aromatic nitrogens is 2. The van der Waals surface area contributed by atoms with Crippen molar-refractivity contribution < 1.29 is 13.6 Å². The molecule has 5 nitrogen and oxygen atoms in total. The number of hydrogen-bond donors (Lipinski definition) is 1. The lowest BCUT2D eigenvalue weighted by atomic mass is 9.97. The fourth-order valence-electron chi connectivity index (χ4n) is 3.45. The first-order valence-corrected chi connectivity index (χ1v) is 8.80. The molecular formula is C19H20F2N4O. The number of rotatable bonds is 3. The highest BCUT2D eigenvalue weighted by Gasteiger charge is 2.40. The van der Waals surface area contributed by atoms with Crippen molar-refractivity contribution in [1.29, 1.82) is 0 Å². The molecule has 1 aromatic heterocycles. The molecule has 0 radical (unpaired) electrons. The van der Waals surface area contributed by atoms with E-state index in [1.54, 1.807) is 11.1 Å². The summed E-state index contributed by atoms with van der Waals surface area (Å²) in [7, 11) is 0. The van der Waals surface area contributed by atoms with E-state index in [9.17, 15) is 13.6 Å². The van der Waals surface area contributed by atoms with Crippen LogP contribution in [0, 0.1) is 11.6 Å². The van der Waals surface area contributed by atoms with Crippen molar-refractivity contribution in [3.8, 4) is 0 Å². The average molecular weight is 358 g/mol. The molecule has 0 bridgehead atoms. The summed E-state index contributed by atoms with van der Waals surface area (Å²) in [6.45, 7) is 2.83. The summed E-state index contributed by atoms with van der Waals surface area (Å²) >= 11 is 0. The number of urea groups is 1. The first kappa shape index (κ1) is 16.9. The van der Waals surface area contributed by atoms with Gasteiger partial charge in [-0.2, -0.15) is 0 Å². The fraction of sp³-hybridized carbons (Fsp3) is 0.421. The number of likely N-dealkylation sites (tertiary alicyclic amines) is 1. The van der Waals surface area contributed by atoms with Gasteiger partial charge in [0.25, 0.3) is 0 Å². The van der Waals surface area contributed by atoms with Crippen LogP contribution in [-0.2, 0) is 5.41 Å². The van der Waals surface area contributed by atoms with E-state index in [-0.39, 0.29) is 35.4 Å². The van der Waals surface area contributed by atoms with Crippen LogP contribution in [0.1, 0.15) is 43.4 Å². The molecule has 136 valence electrons. The van der Waals surface area contributed by atoms with Gasteiger partial charge in [0, 0.05) is 36.2 Å². The molecule has 2 heterocycles. The lowest BCUT2D eigenvalue weighted by Gasteiger charge is -2.18. The smallest absolute Gasteiger partial charge is 0.324 e. The molecule has 0 spiro atoms. The van der Waals surface area contributed by atoms with Gasteiger partial charge in [-0.05, 0) is 37.5 Å². The summed E-state index contributed by atoms with van der Waals surface area (Å²) in [6.07, 6.45) is 4.33. The highest BCUT2D eigenvalue weighted by atomic mass is 19.1. The lowest BCUT2D eigenvalue weighted by Crippen LogP contribution is -2.33. The van der Waals surface area contributed by atoms with Crippen LogP contribution < -0.4 is 5.32 Å². The minimum atomic E-state index is -0.564. The van der Waals surface area contributed by atoms with Crippen molar-refractivity contribution >= 4 is 12.0 Å². The second-order valence-electron chi connectivity index (χ2n) is 7.32. The zero-order valence-electron chi connectivity index (χ0n) is 14.5. The van der Waals surface area contributed by atoms with Crippen LogP contribution in [0.2, 0.25) is 0 Å². The van der Waals surface area contributed by atoms with Crippen molar-refractivity contribution in [2.24, 2.45) is 0 Å². The molecule has 2 amide bonds. The molecule has 1 atom stereocenters. The Balaban J connectivity index is 1.44. The molecule has 26 heavy (non-hydrogen) atoms. The van der Waals surface area contributed by atoms with Crippen LogP contribution in [0.25, 0.3) is 0 Å². The summed E-state index contributed by atoms with van der Waals surface area (Å²) in [5.41, 5.74) is 1.07. The molecule has 2 fully saturated rings. The van der Waals surface area contributed by atoms with Crippen LogP contribution in [0.3, 0.4) is 0 Å². The Morgan fingerprint density at radius 2 is 2.00 bits per heavy atom. The molecule has 1 unspecified atom stereocenters. The summed E-state index contributed by atoms with van der Waals surface area (Å²) < 4.78 is 27.9. The van der Waals surface area contributed by atoms with E-state index in [0.717, 1.165) is 18.5 Å². The number of carbonyl (C=O) groups is 1. The van der Waals surface area contributed by atoms with E-state index in [4.69, 9.17) is 0 Å². The van der Waals surface area contributed by atoms with E-state index >= 15 is 0 Å². The number of anilines is 1. The average Bonchev–Trinajstić information content (AvgIpc) is 3.18. The van der Waals surface area contributed by atoms with E-state index in [1.807, 2.05) is 6.07 Å². The van der Waals surface area contributed by atoms with E-state index < -0.39 is 11.6 Å². The van der Waals surface area contributed by atoms with Gasteiger partial charge in [0.2, 0.25) is 5.95 Å². The Morgan fingerprint density at radius 3 is 2.69 bits per heavy atom. The number of halogens is 2. The number of carbonyl (C=O) groups excluding carboxylic acids is 1. The summed E-state index contributed by atoms with van der Waals surface area (Å²) in [6, 6.07) is 5.37.